The van der Waals surface area contributed by atoms with Gasteiger partial charge in [-0.25, -0.2) is 8.42 Å². The van der Waals surface area contributed by atoms with Gasteiger partial charge in [-0.1, -0.05) is 11.6 Å². The average molecular weight is 310 g/mol. The normalized spacial score (nSPS) is 15.1. The Hall–Kier alpha value is -1.66. The van der Waals surface area contributed by atoms with Gasteiger partial charge in [-0.05, 0) is 49.2 Å². The standard InChI is InChI=1S/C13H12ClN3O2S/c14-10-3-5-11(6-4-10)20(18,19)17-13-8-7-12(15-16-13)9-1-2-9/h3-9H,1-2H2,(H,16,17). The van der Waals surface area contributed by atoms with Crippen LogP contribution < -0.4 is 4.72 Å². The smallest absolute Gasteiger partial charge is 0.262 e. The monoisotopic (exact) mass is 309 g/mol. The van der Waals surface area contributed by atoms with Gasteiger partial charge in [0.2, 0.25) is 0 Å². The zero-order valence-corrected chi connectivity index (χ0v) is 12.0. The Balaban J connectivity index is 1.80. The molecule has 0 saturated heterocycles. The number of hydrogen-bond acceptors (Lipinski definition) is 4. The first-order valence-electron chi connectivity index (χ1n) is 6.16. The second-order valence-corrected chi connectivity index (χ2v) is 6.80. The summed E-state index contributed by atoms with van der Waals surface area (Å²) in [6, 6.07) is 9.38. The minimum absolute atomic E-state index is 0.134. The maximum atomic E-state index is 12.1. The van der Waals surface area contributed by atoms with E-state index in [2.05, 4.69) is 14.9 Å². The summed E-state index contributed by atoms with van der Waals surface area (Å²) in [4.78, 5) is 0.134. The molecule has 1 aliphatic rings. The molecule has 0 aliphatic heterocycles. The summed E-state index contributed by atoms with van der Waals surface area (Å²) in [7, 11) is -3.66. The number of nitrogens with one attached hydrogen (secondary N) is 1. The summed E-state index contributed by atoms with van der Waals surface area (Å²) in [5, 5.41) is 8.42. The van der Waals surface area contributed by atoms with E-state index in [4.69, 9.17) is 11.6 Å². The maximum absolute atomic E-state index is 12.1. The van der Waals surface area contributed by atoms with Crippen LogP contribution in [0, 0.1) is 0 Å². The van der Waals surface area contributed by atoms with E-state index in [0.29, 0.717) is 10.9 Å². The number of hydrogen-bond donors (Lipinski definition) is 1. The molecule has 0 atom stereocenters. The van der Waals surface area contributed by atoms with Gasteiger partial charge in [0.15, 0.2) is 5.82 Å². The molecule has 0 bridgehead atoms. The highest BCUT2D eigenvalue weighted by Gasteiger charge is 2.25. The van der Waals surface area contributed by atoms with Crippen LogP contribution in [-0.4, -0.2) is 18.6 Å². The molecule has 0 radical (unpaired) electrons. The summed E-state index contributed by atoms with van der Waals surface area (Å²) in [6.45, 7) is 0. The molecule has 1 aliphatic carbocycles. The van der Waals surface area contributed by atoms with E-state index in [-0.39, 0.29) is 10.7 Å². The molecule has 1 N–H and O–H groups in total. The maximum Gasteiger partial charge on any atom is 0.263 e. The summed E-state index contributed by atoms with van der Waals surface area (Å²) < 4.78 is 26.6. The molecular weight excluding hydrogens is 298 g/mol. The number of sulfonamides is 1. The molecule has 7 heteroatoms. The van der Waals surface area contributed by atoms with Crippen LogP contribution in [0.25, 0.3) is 0 Å². The summed E-state index contributed by atoms with van der Waals surface area (Å²) in [5.74, 6) is 0.703. The molecule has 1 saturated carbocycles. The van der Waals surface area contributed by atoms with Crippen LogP contribution in [0.15, 0.2) is 41.3 Å². The highest BCUT2D eigenvalue weighted by Crippen LogP contribution is 2.38. The van der Waals surface area contributed by atoms with E-state index >= 15 is 0 Å². The van der Waals surface area contributed by atoms with Gasteiger partial charge in [0.1, 0.15) is 0 Å². The third-order valence-corrected chi connectivity index (χ3v) is 4.67. The van der Waals surface area contributed by atoms with Crippen LogP contribution in [0.2, 0.25) is 5.02 Å². The topological polar surface area (TPSA) is 72.0 Å². The molecule has 1 fully saturated rings. The predicted molar refractivity (Wildman–Crippen MR) is 76.3 cm³/mol. The Morgan fingerprint density at radius 1 is 1.05 bits per heavy atom. The molecule has 5 nitrogen and oxygen atoms in total. The lowest BCUT2D eigenvalue weighted by molar-refractivity contribution is 0.601. The first-order chi connectivity index (χ1) is 9.54. The molecular formula is C13H12ClN3O2S. The van der Waals surface area contributed by atoms with Gasteiger partial charge in [-0.3, -0.25) is 4.72 Å². The molecule has 0 spiro atoms. The molecule has 0 amide bonds. The zero-order chi connectivity index (χ0) is 14.2. The number of benzene rings is 1. The lowest BCUT2D eigenvalue weighted by atomic mass is 10.3. The van der Waals surface area contributed by atoms with Crippen LogP contribution >= 0.6 is 11.6 Å². The number of rotatable bonds is 4. The highest BCUT2D eigenvalue weighted by atomic mass is 35.5. The van der Waals surface area contributed by atoms with Gasteiger partial charge < -0.3 is 0 Å². The van der Waals surface area contributed by atoms with Gasteiger partial charge in [0.25, 0.3) is 10.0 Å². The molecule has 104 valence electrons. The average Bonchev–Trinajstić information content (AvgIpc) is 3.24. The first kappa shape index (κ1) is 13.3. The summed E-state index contributed by atoms with van der Waals surface area (Å²) in [6.07, 6.45) is 2.26. The molecule has 1 heterocycles. The Morgan fingerprint density at radius 2 is 1.75 bits per heavy atom. The van der Waals surface area contributed by atoms with Gasteiger partial charge in [0, 0.05) is 10.9 Å². The SMILES string of the molecule is O=S(=O)(Nc1ccc(C2CC2)nn1)c1ccc(Cl)cc1. The fourth-order valence-electron chi connectivity index (χ4n) is 1.80. The minimum atomic E-state index is -3.66. The van der Waals surface area contributed by atoms with E-state index in [9.17, 15) is 8.42 Å². The van der Waals surface area contributed by atoms with E-state index in [0.717, 1.165) is 18.5 Å². The fraction of sp³-hybridized carbons (Fsp3) is 0.231. The summed E-state index contributed by atoms with van der Waals surface area (Å²) in [5.41, 5.74) is 0.916. The Morgan fingerprint density at radius 3 is 2.30 bits per heavy atom. The highest BCUT2D eigenvalue weighted by molar-refractivity contribution is 7.92. The van der Waals surface area contributed by atoms with Gasteiger partial charge in [-0.15, -0.1) is 5.10 Å². The van der Waals surface area contributed by atoms with Crippen molar-refractivity contribution in [2.75, 3.05) is 4.72 Å². The van der Waals surface area contributed by atoms with Crippen molar-refractivity contribution < 1.29 is 8.42 Å². The van der Waals surface area contributed by atoms with Crippen LogP contribution in [-0.2, 0) is 10.0 Å². The van der Waals surface area contributed by atoms with Crippen molar-refractivity contribution in [3.05, 3.63) is 47.1 Å². The van der Waals surface area contributed by atoms with Crippen molar-refractivity contribution in [2.45, 2.75) is 23.7 Å². The number of aromatic nitrogens is 2. The second-order valence-electron chi connectivity index (χ2n) is 4.68. The van der Waals surface area contributed by atoms with Gasteiger partial charge >= 0.3 is 0 Å². The van der Waals surface area contributed by atoms with E-state index in [1.54, 1.807) is 6.07 Å². The van der Waals surface area contributed by atoms with Gasteiger partial charge in [-0.2, -0.15) is 5.10 Å². The third-order valence-electron chi connectivity index (χ3n) is 3.04. The van der Waals surface area contributed by atoms with Crippen LogP contribution in [0.4, 0.5) is 5.82 Å². The van der Waals surface area contributed by atoms with Crippen molar-refractivity contribution in [1.29, 1.82) is 0 Å². The number of nitrogens with zero attached hydrogens (tertiary/aromatic N) is 2. The van der Waals surface area contributed by atoms with Crippen LogP contribution in [0.3, 0.4) is 0 Å². The van der Waals surface area contributed by atoms with E-state index in [1.165, 1.54) is 24.3 Å². The van der Waals surface area contributed by atoms with Crippen LogP contribution in [0.1, 0.15) is 24.5 Å². The zero-order valence-electron chi connectivity index (χ0n) is 10.5. The molecule has 3 rings (SSSR count). The largest absolute Gasteiger partial charge is 0.263 e. The van der Waals surface area contributed by atoms with Crippen molar-refractivity contribution in [3.63, 3.8) is 0 Å². The molecule has 20 heavy (non-hydrogen) atoms. The predicted octanol–water partition coefficient (Wildman–Crippen LogP) is 2.81. The second kappa shape index (κ2) is 5.03. The van der Waals surface area contributed by atoms with Crippen molar-refractivity contribution in [3.8, 4) is 0 Å². The van der Waals surface area contributed by atoms with Crippen molar-refractivity contribution in [2.24, 2.45) is 0 Å². The number of anilines is 1. The molecule has 2 aromatic rings. The number of halogens is 1. The Labute approximate surface area is 122 Å². The van der Waals surface area contributed by atoms with E-state index < -0.39 is 10.0 Å². The van der Waals surface area contributed by atoms with Crippen molar-refractivity contribution >= 4 is 27.4 Å². The Kier molecular flexibility index (Phi) is 3.35. The third kappa shape index (κ3) is 2.91. The minimum Gasteiger partial charge on any atom is -0.262 e. The van der Waals surface area contributed by atoms with Crippen LogP contribution in [0.5, 0.6) is 0 Å². The fourth-order valence-corrected chi connectivity index (χ4v) is 2.93. The lowest BCUT2D eigenvalue weighted by Gasteiger charge is -2.07. The Bertz CT molecular complexity index is 710. The molecule has 1 aromatic carbocycles. The molecule has 1 aromatic heterocycles. The van der Waals surface area contributed by atoms with Crippen molar-refractivity contribution in [1.82, 2.24) is 10.2 Å². The quantitative estimate of drug-likeness (QED) is 0.942. The summed E-state index contributed by atoms with van der Waals surface area (Å²) >= 11 is 5.74. The molecule has 0 unspecified atom stereocenters. The van der Waals surface area contributed by atoms with Gasteiger partial charge in [0.05, 0.1) is 10.6 Å². The van der Waals surface area contributed by atoms with E-state index in [1.807, 2.05) is 6.07 Å². The lowest BCUT2D eigenvalue weighted by Crippen LogP contribution is -2.14. The first-order valence-corrected chi connectivity index (χ1v) is 8.03.